The quantitative estimate of drug-likeness (QED) is 0.705. The van der Waals surface area contributed by atoms with Crippen LogP contribution < -0.4 is 4.72 Å². The number of likely N-dealkylation sites (N-methyl/N-ethyl adjacent to an activating group) is 1. The molecule has 5 nitrogen and oxygen atoms in total. The number of rotatable bonds is 4. The van der Waals surface area contributed by atoms with E-state index in [2.05, 4.69) is 4.72 Å². The zero-order valence-corrected chi connectivity index (χ0v) is 10.1. The highest BCUT2D eigenvalue weighted by Gasteiger charge is 2.25. The molecule has 1 unspecified atom stereocenters. The lowest BCUT2D eigenvalue weighted by Crippen LogP contribution is -2.49. The minimum absolute atomic E-state index is 0.0581. The van der Waals surface area contributed by atoms with Crippen molar-refractivity contribution in [3.63, 3.8) is 0 Å². The molecule has 1 heterocycles. The summed E-state index contributed by atoms with van der Waals surface area (Å²) in [5.74, 6) is 0.0577. The van der Waals surface area contributed by atoms with Gasteiger partial charge in [-0.25, -0.2) is 13.1 Å². The summed E-state index contributed by atoms with van der Waals surface area (Å²) in [6.07, 6.45) is 0.954. The topological polar surface area (TPSA) is 66.5 Å². The SMILES string of the molecule is CN1CC(NS(=O)(=O)CCCl)CCC1=O. The highest BCUT2D eigenvalue weighted by Crippen LogP contribution is 2.10. The van der Waals surface area contributed by atoms with Crippen molar-refractivity contribution in [3.05, 3.63) is 0 Å². The lowest BCUT2D eigenvalue weighted by Gasteiger charge is -2.29. The first-order valence-electron chi connectivity index (χ1n) is 4.74. The first-order valence-corrected chi connectivity index (χ1v) is 6.93. The van der Waals surface area contributed by atoms with Gasteiger partial charge >= 0.3 is 0 Å². The maximum Gasteiger partial charge on any atom is 0.222 e. The summed E-state index contributed by atoms with van der Waals surface area (Å²) in [5.41, 5.74) is 0. The number of sulfonamides is 1. The monoisotopic (exact) mass is 254 g/mol. The van der Waals surface area contributed by atoms with Gasteiger partial charge in [0.25, 0.3) is 0 Å². The Kier molecular flexibility index (Phi) is 4.36. The van der Waals surface area contributed by atoms with Crippen LogP contribution in [-0.4, -0.2) is 50.5 Å². The van der Waals surface area contributed by atoms with Gasteiger partial charge in [-0.1, -0.05) is 0 Å². The Hall–Kier alpha value is -0.330. The normalized spacial score (nSPS) is 23.2. The number of hydrogen-bond acceptors (Lipinski definition) is 3. The molecule has 7 heteroatoms. The zero-order chi connectivity index (χ0) is 11.5. The Morgan fingerprint density at radius 1 is 1.60 bits per heavy atom. The number of halogens is 1. The van der Waals surface area contributed by atoms with Crippen molar-refractivity contribution in [1.29, 1.82) is 0 Å². The highest BCUT2D eigenvalue weighted by atomic mass is 35.5. The summed E-state index contributed by atoms with van der Waals surface area (Å²) in [5, 5.41) is 0. The van der Waals surface area contributed by atoms with E-state index in [0.29, 0.717) is 19.4 Å². The van der Waals surface area contributed by atoms with Crippen LogP contribution in [0.25, 0.3) is 0 Å². The predicted octanol–water partition coefficient (Wildman–Crippen LogP) is -0.235. The van der Waals surface area contributed by atoms with Crippen LogP contribution in [0.1, 0.15) is 12.8 Å². The second-order valence-corrected chi connectivity index (χ2v) is 5.89. The van der Waals surface area contributed by atoms with Gasteiger partial charge in [0.15, 0.2) is 0 Å². The Morgan fingerprint density at radius 2 is 2.27 bits per heavy atom. The van der Waals surface area contributed by atoms with Crippen molar-refractivity contribution in [3.8, 4) is 0 Å². The number of nitrogens with zero attached hydrogens (tertiary/aromatic N) is 1. The highest BCUT2D eigenvalue weighted by molar-refractivity contribution is 7.89. The third-order valence-electron chi connectivity index (χ3n) is 2.32. The number of carbonyl (C=O) groups is 1. The molecule has 0 aromatic rings. The molecule has 1 rings (SSSR count). The number of carbonyl (C=O) groups excluding carboxylic acids is 1. The van der Waals surface area contributed by atoms with Gasteiger partial charge in [-0.05, 0) is 6.42 Å². The van der Waals surface area contributed by atoms with E-state index in [1.165, 1.54) is 4.90 Å². The van der Waals surface area contributed by atoms with Gasteiger partial charge in [-0.15, -0.1) is 11.6 Å². The van der Waals surface area contributed by atoms with Crippen LogP contribution in [0.4, 0.5) is 0 Å². The number of hydrogen-bond donors (Lipinski definition) is 1. The summed E-state index contributed by atoms with van der Waals surface area (Å²) < 4.78 is 25.3. The Bertz CT molecular complexity index is 331. The van der Waals surface area contributed by atoms with Gasteiger partial charge in [-0.2, -0.15) is 0 Å². The Labute approximate surface area is 94.8 Å². The average molecular weight is 255 g/mol. The Balaban J connectivity index is 2.50. The van der Waals surface area contributed by atoms with E-state index in [4.69, 9.17) is 11.6 Å². The van der Waals surface area contributed by atoms with Crippen molar-refractivity contribution in [2.45, 2.75) is 18.9 Å². The van der Waals surface area contributed by atoms with Crippen LogP contribution in [0.3, 0.4) is 0 Å². The van der Waals surface area contributed by atoms with E-state index < -0.39 is 10.0 Å². The van der Waals surface area contributed by atoms with Crippen molar-refractivity contribution in [1.82, 2.24) is 9.62 Å². The molecule has 88 valence electrons. The summed E-state index contributed by atoms with van der Waals surface area (Å²) >= 11 is 5.37. The summed E-state index contributed by atoms with van der Waals surface area (Å²) in [7, 11) is -1.62. The molecule has 15 heavy (non-hydrogen) atoms. The maximum atomic E-state index is 11.4. The average Bonchev–Trinajstić information content (AvgIpc) is 2.10. The molecule has 0 spiro atoms. The molecular weight excluding hydrogens is 240 g/mol. The molecule has 0 aromatic heterocycles. The third kappa shape index (κ3) is 3.96. The van der Waals surface area contributed by atoms with Crippen LogP contribution in [0, 0.1) is 0 Å². The molecular formula is C8H15ClN2O3S. The number of likely N-dealkylation sites (tertiary alicyclic amines) is 1. The van der Waals surface area contributed by atoms with E-state index in [9.17, 15) is 13.2 Å². The number of nitrogens with one attached hydrogen (secondary N) is 1. The second-order valence-electron chi connectivity index (χ2n) is 3.64. The molecule has 1 amide bonds. The smallest absolute Gasteiger partial charge is 0.222 e. The minimum atomic E-state index is -3.29. The molecule has 1 saturated heterocycles. The number of piperidine rings is 1. The molecule has 1 aliphatic heterocycles. The van der Waals surface area contributed by atoms with Crippen molar-refractivity contribution < 1.29 is 13.2 Å². The molecule has 0 saturated carbocycles. The summed E-state index contributed by atoms with van der Waals surface area (Å²) in [6.45, 7) is 0.431. The van der Waals surface area contributed by atoms with Crippen LogP contribution in [0.5, 0.6) is 0 Å². The van der Waals surface area contributed by atoms with E-state index in [-0.39, 0.29) is 23.6 Å². The minimum Gasteiger partial charge on any atom is -0.344 e. The molecule has 0 radical (unpaired) electrons. The van der Waals surface area contributed by atoms with Crippen molar-refractivity contribution >= 4 is 27.5 Å². The predicted molar refractivity (Wildman–Crippen MR) is 58.3 cm³/mol. The third-order valence-corrected chi connectivity index (χ3v) is 4.17. The summed E-state index contributed by atoms with van der Waals surface area (Å²) in [6, 6.07) is -0.180. The zero-order valence-electron chi connectivity index (χ0n) is 8.57. The summed E-state index contributed by atoms with van der Waals surface area (Å²) in [4.78, 5) is 12.7. The van der Waals surface area contributed by atoms with E-state index in [1.807, 2.05) is 0 Å². The van der Waals surface area contributed by atoms with Crippen LogP contribution in [0.2, 0.25) is 0 Å². The van der Waals surface area contributed by atoms with E-state index in [1.54, 1.807) is 7.05 Å². The molecule has 0 aliphatic carbocycles. The van der Waals surface area contributed by atoms with Gasteiger partial charge in [0.2, 0.25) is 15.9 Å². The molecule has 1 aliphatic rings. The van der Waals surface area contributed by atoms with Gasteiger partial charge in [0, 0.05) is 31.9 Å². The second kappa shape index (κ2) is 5.14. The molecule has 1 fully saturated rings. The fourth-order valence-electron chi connectivity index (χ4n) is 1.52. The van der Waals surface area contributed by atoms with Crippen molar-refractivity contribution in [2.24, 2.45) is 0 Å². The van der Waals surface area contributed by atoms with Crippen LogP contribution >= 0.6 is 11.6 Å². The molecule has 1 atom stereocenters. The lowest BCUT2D eigenvalue weighted by atomic mass is 10.1. The van der Waals surface area contributed by atoms with Crippen LogP contribution in [0.15, 0.2) is 0 Å². The van der Waals surface area contributed by atoms with E-state index in [0.717, 1.165) is 0 Å². The standard InChI is InChI=1S/C8H15ClN2O3S/c1-11-6-7(2-3-8(11)12)10-15(13,14)5-4-9/h7,10H,2-6H2,1H3. The largest absolute Gasteiger partial charge is 0.344 e. The van der Waals surface area contributed by atoms with Crippen molar-refractivity contribution in [2.75, 3.05) is 25.2 Å². The Morgan fingerprint density at radius 3 is 2.80 bits per heavy atom. The van der Waals surface area contributed by atoms with Gasteiger partial charge < -0.3 is 4.90 Å². The van der Waals surface area contributed by atoms with Crippen LogP contribution in [-0.2, 0) is 14.8 Å². The lowest BCUT2D eigenvalue weighted by molar-refractivity contribution is -0.132. The molecule has 1 N–H and O–H groups in total. The fourth-order valence-corrected chi connectivity index (χ4v) is 3.15. The number of alkyl halides is 1. The fraction of sp³-hybridized carbons (Fsp3) is 0.875. The first-order chi connectivity index (χ1) is 6.94. The number of amides is 1. The first kappa shape index (κ1) is 12.7. The van der Waals surface area contributed by atoms with Gasteiger partial charge in [0.05, 0.1) is 5.75 Å². The van der Waals surface area contributed by atoms with Gasteiger partial charge in [-0.3, -0.25) is 4.79 Å². The molecule has 0 bridgehead atoms. The molecule has 0 aromatic carbocycles. The maximum absolute atomic E-state index is 11.4. The van der Waals surface area contributed by atoms with Gasteiger partial charge in [0.1, 0.15) is 0 Å². The van der Waals surface area contributed by atoms with E-state index >= 15 is 0 Å².